The molecular formula is C15H28N2O2. The molecule has 1 unspecified atom stereocenters. The van der Waals surface area contributed by atoms with Crippen LogP contribution in [0.15, 0.2) is 0 Å². The molecule has 0 bridgehead atoms. The highest BCUT2D eigenvalue weighted by atomic mass is 16.3. The first-order valence-corrected chi connectivity index (χ1v) is 7.82. The third-order valence-corrected chi connectivity index (χ3v) is 4.70. The maximum atomic E-state index is 12.3. The largest absolute Gasteiger partial charge is 0.395 e. The van der Waals surface area contributed by atoms with E-state index in [0.29, 0.717) is 12.6 Å². The molecule has 1 N–H and O–H groups in total. The first-order valence-electron chi connectivity index (χ1n) is 7.82. The molecule has 4 nitrogen and oxygen atoms in total. The van der Waals surface area contributed by atoms with Crippen molar-refractivity contribution in [1.82, 2.24) is 9.80 Å². The summed E-state index contributed by atoms with van der Waals surface area (Å²) in [7, 11) is 1.80. The zero-order chi connectivity index (χ0) is 13.7. The average Bonchev–Trinajstić information content (AvgIpc) is 2.48. The number of amides is 1. The Balaban J connectivity index is 1.87. The third kappa shape index (κ3) is 3.93. The second-order valence-electron chi connectivity index (χ2n) is 6.11. The number of likely N-dealkylation sites (tertiary alicyclic amines) is 1. The van der Waals surface area contributed by atoms with E-state index in [0.717, 1.165) is 25.9 Å². The predicted octanol–water partition coefficient (Wildman–Crippen LogP) is 1.48. The van der Waals surface area contributed by atoms with Crippen molar-refractivity contribution in [2.24, 2.45) is 5.92 Å². The van der Waals surface area contributed by atoms with Crippen molar-refractivity contribution in [1.29, 1.82) is 0 Å². The normalized spacial score (nSPS) is 26.3. The van der Waals surface area contributed by atoms with E-state index < -0.39 is 0 Å². The Kier molecular flexibility index (Phi) is 5.64. The Morgan fingerprint density at radius 1 is 1.21 bits per heavy atom. The molecule has 0 aromatic carbocycles. The highest BCUT2D eigenvalue weighted by molar-refractivity contribution is 5.78. The molecule has 0 aromatic rings. The van der Waals surface area contributed by atoms with Crippen LogP contribution < -0.4 is 0 Å². The molecule has 2 aliphatic rings. The molecule has 1 heterocycles. The lowest BCUT2D eigenvalue weighted by Gasteiger charge is -2.40. The Morgan fingerprint density at radius 3 is 2.63 bits per heavy atom. The van der Waals surface area contributed by atoms with Crippen molar-refractivity contribution in [2.45, 2.75) is 51.0 Å². The van der Waals surface area contributed by atoms with Crippen molar-refractivity contribution >= 4 is 5.91 Å². The highest BCUT2D eigenvalue weighted by Gasteiger charge is 2.31. The van der Waals surface area contributed by atoms with E-state index in [-0.39, 0.29) is 18.4 Å². The molecule has 1 amide bonds. The fraction of sp³-hybridized carbons (Fsp3) is 0.933. The number of hydrogen-bond acceptors (Lipinski definition) is 3. The Bertz CT molecular complexity index is 290. The van der Waals surface area contributed by atoms with Gasteiger partial charge in [-0.05, 0) is 32.2 Å². The van der Waals surface area contributed by atoms with Gasteiger partial charge in [0.2, 0.25) is 5.91 Å². The van der Waals surface area contributed by atoms with Crippen LogP contribution in [0.25, 0.3) is 0 Å². The lowest BCUT2D eigenvalue weighted by molar-refractivity contribution is -0.136. The molecule has 0 radical (unpaired) electrons. The first kappa shape index (κ1) is 14.8. The molecule has 0 spiro atoms. The molecule has 1 atom stereocenters. The smallest absolute Gasteiger partial charge is 0.226 e. The zero-order valence-corrected chi connectivity index (χ0v) is 12.2. The number of rotatable bonds is 4. The van der Waals surface area contributed by atoms with Crippen LogP contribution in [0.2, 0.25) is 0 Å². The third-order valence-electron chi connectivity index (χ3n) is 4.70. The minimum absolute atomic E-state index is 0.0568. The van der Waals surface area contributed by atoms with Crippen LogP contribution in [0.4, 0.5) is 0 Å². The van der Waals surface area contributed by atoms with E-state index >= 15 is 0 Å². The second kappa shape index (κ2) is 7.25. The van der Waals surface area contributed by atoms with Gasteiger partial charge in [0.15, 0.2) is 0 Å². The summed E-state index contributed by atoms with van der Waals surface area (Å²) in [6.45, 7) is 2.61. The van der Waals surface area contributed by atoms with Crippen LogP contribution in [0.1, 0.15) is 44.9 Å². The zero-order valence-electron chi connectivity index (χ0n) is 12.2. The topological polar surface area (TPSA) is 43.8 Å². The standard InChI is InChI=1S/C15H28N2O2/c1-16(10-11-18)15(19)13-6-5-9-17(12-13)14-7-3-2-4-8-14/h13-14,18H,2-12H2,1H3. The van der Waals surface area contributed by atoms with Gasteiger partial charge in [0, 0.05) is 26.2 Å². The number of carbonyl (C=O) groups is 1. The number of aliphatic hydroxyl groups excluding tert-OH is 1. The van der Waals surface area contributed by atoms with Crippen LogP contribution in [0, 0.1) is 5.92 Å². The van der Waals surface area contributed by atoms with Gasteiger partial charge in [-0.15, -0.1) is 0 Å². The maximum absolute atomic E-state index is 12.3. The SMILES string of the molecule is CN(CCO)C(=O)C1CCCN(C2CCCCC2)C1. The Morgan fingerprint density at radius 2 is 1.95 bits per heavy atom. The maximum Gasteiger partial charge on any atom is 0.226 e. The Hall–Kier alpha value is -0.610. The Labute approximate surface area is 116 Å². The van der Waals surface area contributed by atoms with Gasteiger partial charge in [-0.2, -0.15) is 0 Å². The lowest BCUT2D eigenvalue weighted by Crippen LogP contribution is -2.48. The van der Waals surface area contributed by atoms with Gasteiger partial charge in [0.25, 0.3) is 0 Å². The van der Waals surface area contributed by atoms with Crippen LogP contribution in [0.5, 0.6) is 0 Å². The van der Waals surface area contributed by atoms with Crippen LogP contribution in [0.3, 0.4) is 0 Å². The second-order valence-corrected chi connectivity index (χ2v) is 6.11. The molecular weight excluding hydrogens is 240 g/mol. The minimum Gasteiger partial charge on any atom is -0.395 e. The van der Waals surface area contributed by atoms with Gasteiger partial charge >= 0.3 is 0 Å². The van der Waals surface area contributed by atoms with Crippen molar-refractivity contribution < 1.29 is 9.90 Å². The molecule has 0 aromatic heterocycles. The summed E-state index contributed by atoms with van der Waals surface area (Å²) in [6, 6.07) is 0.715. The minimum atomic E-state index is 0.0568. The van der Waals surface area contributed by atoms with E-state index in [9.17, 15) is 4.79 Å². The van der Waals surface area contributed by atoms with Crippen LogP contribution >= 0.6 is 0 Å². The number of carbonyl (C=O) groups excluding carboxylic acids is 1. The van der Waals surface area contributed by atoms with E-state index in [1.165, 1.54) is 32.1 Å². The van der Waals surface area contributed by atoms with Crippen LogP contribution in [-0.4, -0.2) is 60.1 Å². The molecule has 1 aliphatic carbocycles. The quantitative estimate of drug-likeness (QED) is 0.840. The van der Waals surface area contributed by atoms with Crippen molar-refractivity contribution in [2.75, 3.05) is 33.3 Å². The monoisotopic (exact) mass is 268 g/mol. The molecule has 19 heavy (non-hydrogen) atoms. The van der Waals surface area contributed by atoms with Crippen molar-refractivity contribution in [3.05, 3.63) is 0 Å². The fourth-order valence-corrected chi connectivity index (χ4v) is 3.56. The molecule has 4 heteroatoms. The number of hydrogen-bond donors (Lipinski definition) is 1. The summed E-state index contributed by atoms with van der Waals surface area (Å²) in [6.07, 6.45) is 8.86. The molecule has 110 valence electrons. The number of likely N-dealkylation sites (N-methyl/N-ethyl adjacent to an activating group) is 1. The van der Waals surface area contributed by atoms with Crippen molar-refractivity contribution in [3.63, 3.8) is 0 Å². The molecule has 2 fully saturated rings. The van der Waals surface area contributed by atoms with Gasteiger partial charge in [-0.1, -0.05) is 19.3 Å². The summed E-state index contributed by atoms with van der Waals surface area (Å²) < 4.78 is 0. The first-order chi connectivity index (χ1) is 9.22. The van der Waals surface area contributed by atoms with E-state index in [4.69, 9.17) is 5.11 Å². The van der Waals surface area contributed by atoms with E-state index in [1.54, 1.807) is 11.9 Å². The molecule has 1 saturated heterocycles. The van der Waals surface area contributed by atoms with Crippen LogP contribution in [-0.2, 0) is 4.79 Å². The van der Waals surface area contributed by atoms with Gasteiger partial charge < -0.3 is 10.0 Å². The number of nitrogens with zero attached hydrogens (tertiary/aromatic N) is 2. The molecule has 1 saturated carbocycles. The van der Waals surface area contributed by atoms with Gasteiger partial charge in [-0.25, -0.2) is 0 Å². The fourth-order valence-electron chi connectivity index (χ4n) is 3.56. The summed E-state index contributed by atoms with van der Waals surface area (Å²) in [5.74, 6) is 0.363. The van der Waals surface area contributed by atoms with E-state index in [2.05, 4.69) is 4.90 Å². The average molecular weight is 268 g/mol. The van der Waals surface area contributed by atoms with Gasteiger partial charge in [0.05, 0.1) is 12.5 Å². The van der Waals surface area contributed by atoms with Crippen molar-refractivity contribution in [3.8, 4) is 0 Å². The highest BCUT2D eigenvalue weighted by Crippen LogP contribution is 2.27. The summed E-state index contributed by atoms with van der Waals surface area (Å²) in [5, 5.41) is 8.94. The number of aliphatic hydroxyl groups is 1. The number of piperidine rings is 1. The summed E-state index contributed by atoms with van der Waals surface area (Å²) in [5.41, 5.74) is 0. The van der Waals surface area contributed by atoms with Gasteiger partial charge in [0.1, 0.15) is 0 Å². The lowest BCUT2D eigenvalue weighted by atomic mass is 9.90. The predicted molar refractivity (Wildman–Crippen MR) is 75.9 cm³/mol. The molecule has 1 aliphatic heterocycles. The molecule has 2 rings (SSSR count). The summed E-state index contributed by atoms with van der Waals surface area (Å²) in [4.78, 5) is 16.5. The van der Waals surface area contributed by atoms with Gasteiger partial charge in [-0.3, -0.25) is 9.69 Å². The van der Waals surface area contributed by atoms with E-state index in [1.807, 2.05) is 0 Å². The summed E-state index contributed by atoms with van der Waals surface area (Å²) >= 11 is 0.